The molecule has 0 aliphatic carbocycles. The Morgan fingerprint density at radius 2 is 1.79 bits per heavy atom. The van der Waals surface area contributed by atoms with Crippen molar-refractivity contribution in [1.29, 1.82) is 0 Å². The van der Waals surface area contributed by atoms with Crippen molar-refractivity contribution < 1.29 is 24.5 Å². The molecule has 1 fully saturated rings. The fourth-order valence-electron chi connectivity index (χ4n) is 1.76. The SMILES string of the molecule is C=CC1OC(C)C(C(=O)O)C1C(=O)O. The van der Waals surface area contributed by atoms with Gasteiger partial charge in [0.05, 0.1) is 18.1 Å². The molecule has 1 heterocycles. The minimum Gasteiger partial charge on any atom is -0.481 e. The molecule has 1 aliphatic heterocycles. The minimum absolute atomic E-state index is 0.600. The van der Waals surface area contributed by atoms with Gasteiger partial charge in [0.2, 0.25) is 0 Å². The number of aliphatic carboxylic acids is 2. The average Bonchev–Trinajstić information content (AvgIpc) is 2.41. The molecule has 4 atom stereocenters. The van der Waals surface area contributed by atoms with E-state index in [0.29, 0.717) is 0 Å². The van der Waals surface area contributed by atoms with E-state index < -0.39 is 36.0 Å². The number of hydrogen-bond donors (Lipinski definition) is 2. The van der Waals surface area contributed by atoms with Crippen LogP contribution in [0.5, 0.6) is 0 Å². The third-order valence-electron chi connectivity index (χ3n) is 2.42. The number of ether oxygens (including phenoxy) is 1. The Balaban J connectivity index is 2.97. The van der Waals surface area contributed by atoms with Crippen molar-refractivity contribution in [2.45, 2.75) is 19.1 Å². The van der Waals surface area contributed by atoms with Gasteiger partial charge in [0.1, 0.15) is 5.92 Å². The van der Waals surface area contributed by atoms with Gasteiger partial charge in [0.25, 0.3) is 0 Å². The van der Waals surface area contributed by atoms with Crippen molar-refractivity contribution in [1.82, 2.24) is 0 Å². The second-order valence-corrected chi connectivity index (χ2v) is 3.27. The molecule has 5 heteroatoms. The van der Waals surface area contributed by atoms with Crippen molar-refractivity contribution in [3.63, 3.8) is 0 Å². The fraction of sp³-hybridized carbons (Fsp3) is 0.556. The Labute approximate surface area is 81.0 Å². The molecular weight excluding hydrogens is 188 g/mol. The number of rotatable bonds is 3. The minimum atomic E-state index is -1.16. The van der Waals surface area contributed by atoms with Crippen LogP contribution in [0.1, 0.15) is 6.92 Å². The third kappa shape index (κ3) is 1.63. The van der Waals surface area contributed by atoms with Gasteiger partial charge in [-0.05, 0) is 6.92 Å². The molecule has 1 aliphatic rings. The number of carboxylic acids is 2. The Hall–Kier alpha value is -1.36. The molecule has 0 radical (unpaired) electrons. The predicted octanol–water partition coefficient (Wildman–Crippen LogP) is 0.361. The van der Waals surface area contributed by atoms with Gasteiger partial charge in [-0.25, -0.2) is 0 Å². The van der Waals surface area contributed by atoms with Crippen LogP contribution in [-0.2, 0) is 14.3 Å². The van der Waals surface area contributed by atoms with Gasteiger partial charge < -0.3 is 14.9 Å². The predicted molar refractivity (Wildman–Crippen MR) is 46.8 cm³/mol. The molecule has 1 saturated heterocycles. The molecule has 0 aromatic carbocycles. The summed E-state index contributed by atoms with van der Waals surface area (Å²) < 4.78 is 5.18. The summed E-state index contributed by atoms with van der Waals surface area (Å²) in [5.74, 6) is -4.35. The summed E-state index contributed by atoms with van der Waals surface area (Å²) in [4.78, 5) is 21.7. The summed E-state index contributed by atoms with van der Waals surface area (Å²) in [5, 5.41) is 17.7. The first kappa shape index (κ1) is 10.7. The Kier molecular flexibility index (Phi) is 2.90. The van der Waals surface area contributed by atoms with Crippen LogP contribution in [0.3, 0.4) is 0 Å². The van der Waals surface area contributed by atoms with E-state index in [-0.39, 0.29) is 0 Å². The highest BCUT2D eigenvalue weighted by atomic mass is 16.5. The topological polar surface area (TPSA) is 83.8 Å². The standard InChI is InChI=1S/C9H12O5/c1-3-5-7(9(12)13)6(8(10)11)4(2)14-5/h3-7H,1H2,2H3,(H,10,11)(H,12,13). The highest BCUT2D eigenvalue weighted by Gasteiger charge is 2.49. The van der Waals surface area contributed by atoms with Crippen LogP contribution in [-0.4, -0.2) is 34.4 Å². The van der Waals surface area contributed by atoms with Crippen LogP contribution in [0.4, 0.5) is 0 Å². The molecule has 4 unspecified atom stereocenters. The van der Waals surface area contributed by atoms with E-state index >= 15 is 0 Å². The van der Waals surface area contributed by atoms with E-state index in [4.69, 9.17) is 14.9 Å². The molecule has 78 valence electrons. The summed E-state index contributed by atoms with van der Waals surface area (Å²) in [6.45, 7) is 4.98. The summed E-state index contributed by atoms with van der Waals surface area (Å²) >= 11 is 0. The van der Waals surface area contributed by atoms with Gasteiger partial charge in [0, 0.05) is 0 Å². The van der Waals surface area contributed by atoms with Crippen LogP contribution < -0.4 is 0 Å². The average molecular weight is 200 g/mol. The lowest BCUT2D eigenvalue weighted by atomic mass is 9.87. The van der Waals surface area contributed by atoms with Gasteiger partial charge in [-0.1, -0.05) is 6.08 Å². The van der Waals surface area contributed by atoms with E-state index in [2.05, 4.69) is 6.58 Å². The second kappa shape index (κ2) is 3.79. The molecule has 0 amide bonds. The summed E-state index contributed by atoms with van der Waals surface area (Å²) in [6.07, 6.45) is 0.0123. The zero-order chi connectivity index (χ0) is 10.9. The van der Waals surface area contributed by atoms with Crippen LogP contribution in [0.15, 0.2) is 12.7 Å². The van der Waals surface area contributed by atoms with Gasteiger partial charge >= 0.3 is 11.9 Å². The lowest BCUT2D eigenvalue weighted by molar-refractivity contribution is -0.152. The highest BCUT2D eigenvalue weighted by Crippen LogP contribution is 2.33. The first-order chi connectivity index (χ1) is 6.49. The smallest absolute Gasteiger partial charge is 0.310 e. The molecule has 0 aromatic rings. The number of hydrogen-bond acceptors (Lipinski definition) is 3. The monoisotopic (exact) mass is 200 g/mol. The maximum atomic E-state index is 10.8. The van der Waals surface area contributed by atoms with Gasteiger partial charge in [-0.2, -0.15) is 0 Å². The number of carbonyl (C=O) groups is 2. The Bertz CT molecular complexity index is 272. The Morgan fingerprint density at radius 1 is 1.29 bits per heavy atom. The number of carboxylic acid groups (broad SMARTS) is 2. The normalized spacial score (nSPS) is 36.6. The summed E-state index contributed by atoms with van der Waals surface area (Å²) in [7, 11) is 0. The van der Waals surface area contributed by atoms with Crippen LogP contribution in [0.25, 0.3) is 0 Å². The van der Waals surface area contributed by atoms with Gasteiger partial charge in [0.15, 0.2) is 0 Å². The van der Waals surface area contributed by atoms with Crippen molar-refractivity contribution in [3.05, 3.63) is 12.7 Å². The van der Waals surface area contributed by atoms with Crippen LogP contribution in [0.2, 0.25) is 0 Å². The molecule has 1 rings (SSSR count). The largest absolute Gasteiger partial charge is 0.481 e. The summed E-state index contributed by atoms with van der Waals surface area (Å²) in [5.41, 5.74) is 0. The molecule has 2 N–H and O–H groups in total. The van der Waals surface area contributed by atoms with E-state index in [0.717, 1.165) is 0 Å². The maximum absolute atomic E-state index is 10.8. The maximum Gasteiger partial charge on any atom is 0.310 e. The van der Waals surface area contributed by atoms with E-state index in [1.54, 1.807) is 6.92 Å². The molecular formula is C9H12O5. The van der Waals surface area contributed by atoms with Gasteiger partial charge in [-0.15, -0.1) is 6.58 Å². The lowest BCUT2D eigenvalue weighted by Gasteiger charge is -2.13. The first-order valence-electron chi connectivity index (χ1n) is 4.22. The van der Waals surface area contributed by atoms with Crippen molar-refractivity contribution in [3.8, 4) is 0 Å². The van der Waals surface area contributed by atoms with Crippen molar-refractivity contribution >= 4 is 11.9 Å². The molecule has 0 saturated carbocycles. The summed E-state index contributed by atoms with van der Waals surface area (Å²) in [6, 6.07) is 0. The zero-order valence-electron chi connectivity index (χ0n) is 7.71. The third-order valence-corrected chi connectivity index (χ3v) is 2.42. The molecule has 0 aromatic heterocycles. The Morgan fingerprint density at radius 3 is 2.14 bits per heavy atom. The quantitative estimate of drug-likeness (QED) is 0.642. The van der Waals surface area contributed by atoms with Gasteiger partial charge in [-0.3, -0.25) is 9.59 Å². The lowest BCUT2D eigenvalue weighted by Crippen LogP contribution is -2.33. The van der Waals surface area contributed by atoms with E-state index in [1.165, 1.54) is 6.08 Å². The first-order valence-corrected chi connectivity index (χ1v) is 4.22. The van der Waals surface area contributed by atoms with E-state index in [1.807, 2.05) is 0 Å². The molecule has 14 heavy (non-hydrogen) atoms. The van der Waals surface area contributed by atoms with E-state index in [9.17, 15) is 9.59 Å². The van der Waals surface area contributed by atoms with Crippen LogP contribution in [0, 0.1) is 11.8 Å². The molecule has 0 bridgehead atoms. The molecule has 5 nitrogen and oxygen atoms in total. The van der Waals surface area contributed by atoms with Crippen molar-refractivity contribution in [2.75, 3.05) is 0 Å². The second-order valence-electron chi connectivity index (χ2n) is 3.27. The fourth-order valence-corrected chi connectivity index (χ4v) is 1.76. The zero-order valence-corrected chi connectivity index (χ0v) is 7.71. The van der Waals surface area contributed by atoms with Crippen LogP contribution >= 0.6 is 0 Å². The highest BCUT2D eigenvalue weighted by molar-refractivity contribution is 5.81. The molecule has 0 spiro atoms. The van der Waals surface area contributed by atoms with Crippen molar-refractivity contribution in [2.24, 2.45) is 11.8 Å².